The molecule has 1 aromatic heterocycles. The number of aromatic nitrogens is 2. The van der Waals surface area contributed by atoms with E-state index >= 15 is 0 Å². The maximum atomic E-state index is 6.90. The molecule has 0 aliphatic heterocycles. The summed E-state index contributed by atoms with van der Waals surface area (Å²) in [4.78, 5) is 7.38. The van der Waals surface area contributed by atoms with Crippen molar-refractivity contribution in [3.8, 4) is 0 Å². The molecule has 0 aliphatic carbocycles. The van der Waals surface area contributed by atoms with Crippen molar-refractivity contribution >= 4 is 15.9 Å². The quantitative estimate of drug-likeness (QED) is 0.570. The van der Waals surface area contributed by atoms with E-state index in [0.29, 0.717) is 4.60 Å². The van der Waals surface area contributed by atoms with Crippen LogP contribution in [0.1, 0.15) is 1.37 Å². The predicted molar refractivity (Wildman–Crippen MR) is 29.7 cm³/mol. The van der Waals surface area contributed by atoms with Crippen LogP contribution in [0.3, 0.4) is 0 Å². The minimum atomic E-state index is 0.188. The van der Waals surface area contributed by atoms with Crippen LogP contribution in [0.4, 0.5) is 0 Å². The van der Waals surface area contributed by atoms with Gasteiger partial charge in [0, 0.05) is 12.4 Å². The summed E-state index contributed by atoms with van der Waals surface area (Å²) in [6.45, 7) is 0. The molecule has 0 amide bonds. The maximum absolute atomic E-state index is 6.90. The van der Waals surface area contributed by atoms with Crippen LogP contribution in [0.2, 0.25) is 0 Å². The fraction of sp³-hybridized carbons (Fsp3) is 0. The monoisotopic (exact) mass is 159 g/mol. The molecule has 0 bridgehead atoms. The van der Waals surface area contributed by atoms with Crippen LogP contribution in [0.25, 0.3) is 0 Å². The highest BCUT2D eigenvalue weighted by molar-refractivity contribution is 9.10. The molecule has 36 valence electrons. The first-order valence-corrected chi connectivity index (χ1v) is 2.52. The van der Waals surface area contributed by atoms with Crippen molar-refractivity contribution in [3.05, 3.63) is 23.2 Å². The van der Waals surface area contributed by atoms with Crippen LogP contribution in [-0.2, 0) is 0 Å². The van der Waals surface area contributed by atoms with Gasteiger partial charge in [0.05, 0.1) is 7.57 Å². The molecule has 0 unspecified atom stereocenters. The molecule has 1 rings (SSSR count). The van der Waals surface area contributed by atoms with E-state index in [1.54, 1.807) is 0 Å². The molecular weight excluding hydrogens is 156 g/mol. The van der Waals surface area contributed by atoms with E-state index in [2.05, 4.69) is 25.9 Å². The summed E-state index contributed by atoms with van der Waals surface area (Å²) in [5, 5.41) is 0. The third-order valence-electron chi connectivity index (χ3n) is 0.491. The zero-order valence-electron chi connectivity index (χ0n) is 4.43. The molecule has 3 heteroatoms. The molecule has 0 aliphatic rings. The van der Waals surface area contributed by atoms with Gasteiger partial charge >= 0.3 is 0 Å². The summed E-state index contributed by atoms with van der Waals surface area (Å²) in [6, 6.07) is 0. The predicted octanol–water partition coefficient (Wildman–Crippen LogP) is 1.24. The molecule has 1 aromatic rings. The van der Waals surface area contributed by atoms with E-state index < -0.39 is 0 Å². The zero-order chi connectivity index (χ0) is 5.98. The Bertz CT molecular complexity index is 153. The fourth-order valence-corrected chi connectivity index (χ4v) is 0.452. The van der Waals surface area contributed by atoms with Crippen LogP contribution < -0.4 is 0 Å². The lowest BCUT2D eigenvalue weighted by atomic mass is 10.8. The lowest BCUT2D eigenvalue weighted by Crippen LogP contribution is -1.72. The molecule has 0 N–H and O–H groups in total. The number of rotatable bonds is 0. The third-order valence-corrected chi connectivity index (χ3v) is 0.901. The van der Waals surface area contributed by atoms with Gasteiger partial charge in [-0.25, -0.2) is 4.98 Å². The Balaban J connectivity index is 3.03. The summed E-state index contributed by atoms with van der Waals surface area (Å²) >= 11 is 3.09. The lowest BCUT2D eigenvalue weighted by molar-refractivity contribution is 1.16. The Morgan fingerprint density at radius 3 is 3.14 bits per heavy atom. The van der Waals surface area contributed by atoms with Crippen molar-refractivity contribution in [1.29, 1.82) is 0 Å². The van der Waals surface area contributed by atoms with Gasteiger partial charge in [-0.05, 0) is 15.9 Å². The Morgan fingerprint density at radius 2 is 2.71 bits per heavy atom. The molecule has 0 fully saturated rings. The molecular formula is C4H3BrN2. The molecule has 0 saturated heterocycles. The average Bonchev–Trinajstić information content (AvgIpc) is 1.77. The molecule has 0 atom stereocenters. The van der Waals surface area contributed by atoms with Gasteiger partial charge in [-0.1, -0.05) is 0 Å². The molecule has 0 radical (unpaired) electrons. The Kier molecular flexibility index (Phi) is 1.03. The lowest BCUT2D eigenvalue weighted by Gasteiger charge is -1.79. The molecule has 0 saturated carbocycles. The third kappa shape index (κ3) is 1.23. The van der Waals surface area contributed by atoms with Gasteiger partial charge in [0.2, 0.25) is 0 Å². The van der Waals surface area contributed by atoms with Crippen molar-refractivity contribution in [2.45, 2.75) is 0 Å². The zero-order valence-corrected chi connectivity index (χ0v) is 5.01. The van der Waals surface area contributed by atoms with Gasteiger partial charge in [0.15, 0.2) is 0 Å². The second kappa shape index (κ2) is 2.02. The van der Waals surface area contributed by atoms with Crippen LogP contribution in [0.15, 0.2) is 23.2 Å². The smallest absolute Gasteiger partial charge is 0.124 e. The van der Waals surface area contributed by atoms with Crippen molar-refractivity contribution in [1.82, 2.24) is 9.97 Å². The van der Waals surface area contributed by atoms with Crippen LogP contribution in [0.5, 0.6) is 0 Å². The SMILES string of the molecule is [2H]c1cnc(Br)cn1. The normalized spacial score (nSPS) is 10.7. The van der Waals surface area contributed by atoms with E-state index in [1.165, 1.54) is 12.4 Å². The first-order chi connectivity index (χ1) is 3.79. The Morgan fingerprint density at radius 1 is 1.86 bits per heavy atom. The standard InChI is InChI=1S/C4H3BrN2/c5-4-3-6-1-2-7-4/h1-3H/i1D. The number of hydrogen-bond donors (Lipinski definition) is 0. The second-order valence-electron chi connectivity index (χ2n) is 0.968. The molecule has 1 heterocycles. The summed E-state index contributed by atoms with van der Waals surface area (Å²) in [7, 11) is 0. The summed E-state index contributed by atoms with van der Waals surface area (Å²) in [5.74, 6) is 0. The average molecular weight is 160 g/mol. The first-order valence-electron chi connectivity index (χ1n) is 2.23. The van der Waals surface area contributed by atoms with E-state index in [1.807, 2.05) is 0 Å². The Labute approximate surface area is 51.1 Å². The number of nitrogens with zero attached hydrogens (tertiary/aromatic N) is 2. The molecule has 0 spiro atoms. The van der Waals surface area contributed by atoms with Crippen molar-refractivity contribution in [2.24, 2.45) is 0 Å². The van der Waals surface area contributed by atoms with Crippen LogP contribution in [-0.4, -0.2) is 9.97 Å². The van der Waals surface area contributed by atoms with E-state index in [0.717, 1.165) is 0 Å². The van der Waals surface area contributed by atoms with Crippen molar-refractivity contribution < 1.29 is 1.37 Å². The van der Waals surface area contributed by atoms with Gasteiger partial charge in [-0.15, -0.1) is 0 Å². The van der Waals surface area contributed by atoms with E-state index in [4.69, 9.17) is 1.37 Å². The highest BCUT2D eigenvalue weighted by Gasteiger charge is 1.77. The van der Waals surface area contributed by atoms with E-state index in [9.17, 15) is 0 Å². The van der Waals surface area contributed by atoms with Crippen LogP contribution in [0, 0.1) is 0 Å². The van der Waals surface area contributed by atoms with E-state index in [-0.39, 0.29) is 6.17 Å². The van der Waals surface area contributed by atoms with Crippen LogP contribution >= 0.6 is 15.9 Å². The summed E-state index contributed by atoms with van der Waals surface area (Å²) < 4.78 is 7.56. The van der Waals surface area contributed by atoms with Gasteiger partial charge in [0.1, 0.15) is 4.60 Å². The molecule has 0 aromatic carbocycles. The molecule has 7 heavy (non-hydrogen) atoms. The second-order valence-corrected chi connectivity index (χ2v) is 1.78. The van der Waals surface area contributed by atoms with Gasteiger partial charge in [0.25, 0.3) is 0 Å². The number of hydrogen-bond acceptors (Lipinski definition) is 2. The van der Waals surface area contributed by atoms with Crippen molar-refractivity contribution in [2.75, 3.05) is 0 Å². The summed E-state index contributed by atoms with van der Waals surface area (Å²) in [6.07, 6.45) is 3.06. The summed E-state index contributed by atoms with van der Waals surface area (Å²) in [5.41, 5.74) is 0. The number of halogens is 1. The largest absolute Gasteiger partial charge is 0.260 e. The minimum Gasteiger partial charge on any atom is -0.260 e. The highest BCUT2D eigenvalue weighted by Crippen LogP contribution is 1.97. The topological polar surface area (TPSA) is 25.8 Å². The highest BCUT2D eigenvalue weighted by atomic mass is 79.9. The molecule has 2 nitrogen and oxygen atoms in total. The first kappa shape index (κ1) is 3.55. The fourth-order valence-electron chi connectivity index (χ4n) is 0.248. The van der Waals surface area contributed by atoms with Gasteiger partial charge < -0.3 is 0 Å². The minimum absolute atomic E-state index is 0.188. The maximum Gasteiger partial charge on any atom is 0.124 e. The van der Waals surface area contributed by atoms with Crippen molar-refractivity contribution in [3.63, 3.8) is 0 Å². The Hall–Kier alpha value is -0.440. The van der Waals surface area contributed by atoms with Gasteiger partial charge in [-0.2, -0.15) is 0 Å². The van der Waals surface area contributed by atoms with Gasteiger partial charge in [-0.3, -0.25) is 4.98 Å².